The number of hydrogen-bond acceptors (Lipinski definition) is 5. The van der Waals surface area contributed by atoms with Gasteiger partial charge in [0.15, 0.2) is 5.69 Å². The van der Waals surface area contributed by atoms with E-state index in [4.69, 9.17) is 0 Å². The number of hydrogen-bond donors (Lipinski definition) is 1. The summed E-state index contributed by atoms with van der Waals surface area (Å²) in [6.45, 7) is 1.43. The van der Waals surface area contributed by atoms with Gasteiger partial charge in [0.2, 0.25) is 0 Å². The molecule has 150 valence electrons. The van der Waals surface area contributed by atoms with Crippen LogP contribution in [0.15, 0.2) is 53.7 Å². The summed E-state index contributed by atoms with van der Waals surface area (Å²) in [6.07, 6.45) is -3.10. The minimum absolute atomic E-state index is 0.170. The van der Waals surface area contributed by atoms with E-state index in [1.54, 1.807) is 30.5 Å². The van der Waals surface area contributed by atoms with Crippen LogP contribution in [0.25, 0.3) is 11.1 Å². The smallest absolute Gasteiger partial charge is 0.399 e. The van der Waals surface area contributed by atoms with Crippen LogP contribution in [0.5, 0.6) is 0 Å². The molecule has 0 atom stereocenters. The average molecular weight is 419 g/mol. The van der Waals surface area contributed by atoms with Crippen LogP contribution in [0.4, 0.5) is 18.9 Å². The number of halogens is 3. The third-order valence-electron chi connectivity index (χ3n) is 3.91. The fourth-order valence-corrected chi connectivity index (χ4v) is 3.44. The zero-order chi connectivity index (χ0) is 21.0. The highest BCUT2D eigenvalue weighted by atomic mass is 32.1. The monoisotopic (exact) mass is 419 g/mol. The van der Waals surface area contributed by atoms with Gasteiger partial charge >= 0.3 is 6.18 Å². The maximum Gasteiger partial charge on any atom is 0.427 e. The number of alkyl halides is 3. The number of aryl methyl sites for hydroxylation is 1. The fourth-order valence-electron chi connectivity index (χ4n) is 2.66. The molecule has 0 aliphatic rings. The molecule has 2 aromatic carbocycles. The lowest BCUT2D eigenvalue weighted by atomic mass is 10.0. The molecule has 29 heavy (non-hydrogen) atoms. The Balaban J connectivity index is 1.91. The molecule has 0 aliphatic carbocycles. The molecule has 0 aliphatic heterocycles. The van der Waals surface area contributed by atoms with Crippen molar-refractivity contribution in [3.05, 3.63) is 69.7 Å². The van der Waals surface area contributed by atoms with Gasteiger partial charge in [0.25, 0.3) is 5.91 Å². The van der Waals surface area contributed by atoms with Crippen molar-refractivity contribution in [2.75, 3.05) is 12.4 Å². The van der Waals surface area contributed by atoms with Crippen molar-refractivity contribution in [1.29, 1.82) is 0 Å². The van der Waals surface area contributed by atoms with Crippen molar-refractivity contribution in [3.8, 4) is 11.1 Å². The molecule has 0 unspecified atom stereocenters. The molecule has 1 amide bonds. The van der Waals surface area contributed by atoms with Crippen molar-refractivity contribution in [3.63, 3.8) is 0 Å². The normalized spacial score (nSPS) is 11.6. The SMILES string of the molecule is CON=Cc1ccc(-c2ccccc2NC(=O)c2nc(C)sc2C(F)(F)F)cc1. The topological polar surface area (TPSA) is 63.6 Å². The van der Waals surface area contributed by atoms with Crippen LogP contribution < -0.4 is 5.32 Å². The standard InChI is InChI=1S/C20H16F3N3O2S/c1-12-25-17(18(29-12)20(21,22)23)19(27)26-16-6-4-3-5-15(16)14-9-7-13(8-10-14)11-24-28-2/h3-11H,1-2H3,(H,26,27). The Bertz CT molecular complexity index is 1040. The van der Waals surface area contributed by atoms with Crippen LogP contribution >= 0.6 is 11.3 Å². The highest BCUT2D eigenvalue weighted by Crippen LogP contribution is 2.37. The molecule has 1 aromatic heterocycles. The molecule has 0 spiro atoms. The van der Waals surface area contributed by atoms with Crippen LogP contribution in [-0.2, 0) is 11.0 Å². The minimum Gasteiger partial charge on any atom is -0.399 e. The number of thiazole rings is 1. The predicted molar refractivity (Wildman–Crippen MR) is 106 cm³/mol. The highest BCUT2D eigenvalue weighted by Gasteiger charge is 2.39. The van der Waals surface area contributed by atoms with E-state index in [2.05, 4.69) is 20.3 Å². The van der Waals surface area contributed by atoms with Gasteiger partial charge in [-0.1, -0.05) is 47.6 Å². The Labute approximate surface area is 168 Å². The first-order chi connectivity index (χ1) is 13.8. The van der Waals surface area contributed by atoms with Crippen molar-refractivity contribution in [1.82, 2.24) is 4.98 Å². The van der Waals surface area contributed by atoms with Gasteiger partial charge in [0.05, 0.1) is 11.2 Å². The first-order valence-corrected chi connectivity index (χ1v) is 9.23. The first-order valence-electron chi connectivity index (χ1n) is 8.41. The molecule has 0 saturated heterocycles. The summed E-state index contributed by atoms with van der Waals surface area (Å²) in [5.41, 5.74) is 2.01. The van der Waals surface area contributed by atoms with Crippen LogP contribution in [0.3, 0.4) is 0 Å². The van der Waals surface area contributed by atoms with Crippen molar-refractivity contribution in [2.24, 2.45) is 5.16 Å². The van der Waals surface area contributed by atoms with Crippen LogP contribution in [0.2, 0.25) is 0 Å². The number of nitrogens with one attached hydrogen (secondary N) is 1. The number of benzene rings is 2. The van der Waals surface area contributed by atoms with E-state index < -0.39 is 22.7 Å². The van der Waals surface area contributed by atoms with Crippen LogP contribution in [0, 0.1) is 6.92 Å². The zero-order valence-electron chi connectivity index (χ0n) is 15.4. The molecule has 5 nitrogen and oxygen atoms in total. The lowest BCUT2D eigenvalue weighted by Crippen LogP contribution is -2.18. The molecule has 0 bridgehead atoms. The summed E-state index contributed by atoms with van der Waals surface area (Å²) in [5.74, 6) is -0.905. The molecular weight excluding hydrogens is 403 g/mol. The van der Waals surface area contributed by atoms with Gasteiger partial charge < -0.3 is 10.2 Å². The largest absolute Gasteiger partial charge is 0.427 e. The summed E-state index contributed by atoms with van der Waals surface area (Å²) in [6, 6.07) is 14.1. The van der Waals surface area contributed by atoms with Crippen molar-refractivity contribution in [2.45, 2.75) is 13.1 Å². The molecule has 0 radical (unpaired) electrons. The van der Waals surface area contributed by atoms with Gasteiger partial charge in [0.1, 0.15) is 12.0 Å². The van der Waals surface area contributed by atoms with E-state index >= 15 is 0 Å². The van der Waals surface area contributed by atoms with E-state index in [9.17, 15) is 18.0 Å². The van der Waals surface area contributed by atoms with Crippen molar-refractivity contribution < 1.29 is 22.8 Å². The number of carbonyl (C=O) groups excluding carboxylic acids is 1. The highest BCUT2D eigenvalue weighted by molar-refractivity contribution is 7.12. The second-order valence-electron chi connectivity index (χ2n) is 5.95. The second kappa shape index (κ2) is 8.44. The maximum absolute atomic E-state index is 13.2. The Morgan fingerprint density at radius 1 is 1.17 bits per heavy atom. The number of carbonyl (C=O) groups is 1. The summed E-state index contributed by atoms with van der Waals surface area (Å²) in [4.78, 5) is 20.0. The fraction of sp³-hybridized carbons (Fsp3) is 0.150. The van der Waals surface area contributed by atoms with Gasteiger partial charge in [-0.15, -0.1) is 11.3 Å². The number of nitrogens with zero attached hydrogens (tertiary/aromatic N) is 2. The van der Waals surface area contributed by atoms with Gasteiger partial charge in [-0.2, -0.15) is 13.2 Å². The van der Waals surface area contributed by atoms with E-state index in [1.807, 2.05) is 24.3 Å². The van der Waals surface area contributed by atoms with E-state index in [0.29, 0.717) is 22.6 Å². The number of aromatic nitrogens is 1. The molecule has 3 aromatic rings. The Morgan fingerprint density at radius 2 is 1.86 bits per heavy atom. The molecule has 9 heteroatoms. The molecule has 0 fully saturated rings. The van der Waals surface area contributed by atoms with Gasteiger partial charge in [-0.05, 0) is 24.1 Å². The summed E-state index contributed by atoms with van der Waals surface area (Å²) >= 11 is 0.449. The van der Waals surface area contributed by atoms with Gasteiger partial charge in [-0.25, -0.2) is 4.98 Å². The third-order valence-corrected chi connectivity index (χ3v) is 4.93. The summed E-state index contributed by atoms with van der Waals surface area (Å²) in [7, 11) is 1.44. The molecular formula is C20H16F3N3O2S. The minimum atomic E-state index is -4.64. The number of oxime groups is 1. The van der Waals surface area contributed by atoms with Gasteiger partial charge in [0, 0.05) is 11.3 Å². The number of anilines is 1. The Hall–Kier alpha value is -3.20. The lowest BCUT2D eigenvalue weighted by molar-refractivity contribution is -0.134. The van der Waals surface area contributed by atoms with Crippen LogP contribution in [-0.4, -0.2) is 24.2 Å². The molecule has 1 heterocycles. The number of rotatable bonds is 5. The first kappa shape index (κ1) is 20.5. The number of amides is 1. The van der Waals surface area contributed by atoms with Gasteiger partial charge in [-0.3, -0.25) is 4.79 Å². The lowest BCUT2D eigenvalue weighted by Gasteiger charge is -2.12. The molecule has 1 N–H and O–H groups in total. The van der Waals surface area contributed by atoms with Crippen LogP contribution in [0.1, 0.15) is 25.9 Å². The maximum atomic E-state index is 13.2. The average Bonchev–Trinajstić information content (AvgIpc) is 3.10. The van der Waals surface area contributed by atoms with E-state index in [0.717, 1.165) is 11.1 Å². The summed E-state index contributed by atoms with van der Waals surface area (Å²) < 4.78 is 39.6. The molecule has 0 saturated carbocycles. The number of para-hydroxylation sites is 1. The van der Waals surface area contributed by atoms with E-state index in [-0.39, 0.29) is 5.01 Å². The Morgan fingerprint density at radius 3 is 2.52 bits per heavy atom. The third kappa shape index (κ3) is 4.80. The zero-order valence-corrected chi connectivity index (χ0v) is 16.3. The molecule has 3 rings (SSSR count). The second-order valence-corrected chi connectivity index (χ2v) is 7.15. The quantitative estimate of drug-likeness (QED) is 0.447. The Kier molecular flexibility index (Phi) is 5.97. The predicted octanol–water partition coefficient (Wildman–Crippen LogP) is 5.37. The van der Waals surface area contributed by atoms with Crippen molar-refractivity contribution >= 4 is 29.1 Å². The summed E-state index contributed by atoms with van der Waals surface area (Å²) in [5, 5.41) is 6.41. The van der Waals surface area contributed by atoms with E-state index in [1.165, 1.54) is 14.0 Å².